The SMILES string of the molecule is Cn1c(-c2ccc(OC(C)(C)CC(C)(C)OC(=O)C(CC(C)(C)C)C(C)(C)C)cc2)cc2ccccc21. The molecule has 4 nitrogen and oxygen atoms in total. The number of aromatic nitrogens is 1. The molecule has 0 aliphatic heterocycles. The van der Waals surface area contributed by atoms with E-state index in [0.29, 0.717) is 6.42 Å². The zero-order chi connectivity index (χ0) is 27.8. The van der Waals surface area contributed by atoms with Crippen LogP contribution < -0.4 is 4.74 Å². The van der Waals surface area contributed by atoms with Crippen LogP contribution in [0.4, 0.5) is 0 Å². The molecule has 0 saturated carbocycles. The van der Waals surface area contributed by atoms with Gasteiger partial charge in [0.1, 0.15) is 17.0 Å². The second kappa shape index (κ2) is 10.2. The Hall–Kier alpha value is -2.75. The van der Waals surface area contributed by atoms with Gasteiger partial charge in [-0.3, -0.25) is 4.79 Å². The van der Waals surface area contributed by atoms with E-state index in [-0.39, 0.29) is 22.7 Å². The fraction of sp³-hybridized carbons (Fsp3) is 0.545. The van der Waals surface area contributed by atoms with Gasteiger partial charge in [-0.1, -0.05) is 59.7 Å². The summed E-state index contributed by atoms with van der Waals surface area (Å²) in [6.07, 6.45) is 1.36. The number of benzene rings is 2. The Morgan fingerprint density at radius 3 is 1.97 bits per heavy atom. The Morgan fingerprint density at radius 1 is 0.838 bits per heavy atom. The van der Waals surface area contributed by atoms with Crippen molar-refractivity contribution in [3.63, 3.8) is 0 Å². The zero-order valence-corrected chi connectivity index (χ0v) is 24.9. The summed E-state index contributed by atoms with van der Waals surface area (Å²) in [6, 6.07) is 18.9. The van der Waals surface area contributed by atoms with Gasteiger partial charge in [0, 0.05) is 30.1 Å². The zero-order valence-electron chi connectivity index (χ0n) is 24.9. The molecule has 2 aromatic carbocycles. The Bertz CT molecular complexity index is 1220. The van der Waals surface area contributed by atoms with Gasteiger partial charge in [0.25, 0.3) is 0 Å². The first-order chi connectivity index (χ1) is 16.9. The summed E-state index contributed by atoms with van der Waals surface area (Å²) in [5, 5.41) is 1.23. The molecule has 3 rings (SSSR count). The predicted octanol–water partition coefficient (Wildman–Crippen LogP) is 8.81. The van der Waals surface area contributed by atoms with E-state index in [0.717, 1.165) is 17.7 Å². The van der Waals surface area contributed by atoms with E-state index >= 15 is 0 Å². The molecule has 0 fully saturated rings. The van der Waals surface area contributed by atoms with Crippen LogP contribution >= 0.6 is 0 Å². The molecule has 3 aromatic rings. The summed E-state index contributed by atoms with van der Waals surface area (Å²) < 4.78 is 14.8. The minimum Gasteiger partial charge on any atom is -0.488 e. The number of carbonyl (C=O) groups is 1. The molecule has 1 atom stereocenters. The molecule has 1 unspecified atom stereocenters. The second-order valence-corrected chi connectivity index (χ2v) is 14.1. The topological polar surface area (TPSA) is 40.5 Å². The molecule has 4 heteroatoms. The largest absolute Gasteiger partial charge is 0.488 e. The van der Waals surface area contributed by atoms with Crippen molar-refractivity contribution in [3.8, 4) is 17.0 Å². The number of para-hydroxylation sites is 1. The van der Waals surface area contributed by atoms with E-state index < -0.39 is 11.2 Å². The van der Waals surface area contributed by atoms with Gasteiger partial charge >= 0.3 is 5.97 Å². The van der Waals surface area contributed by atoms with Crippen LogP contribution in [0.5, 0.6) is 5.75 Å². The lowest BCUT2D eigenvalue weighted by atomic mass is 9.72. The molecule has 0 aliphatic rings. The van der Waals surface area contributed by atoms with Crippen LogP contribution in [-0.4, -0.2) is 21.7 Å². The number of hydrogen-bond acceptors (Lipinski definition) is 3. The van der Waals surface area contributed by atoms with Gasteiger partial charge in [0.15, 0.2) is 0 Å². The number of hydrogen-bond donors (Lipinski definition) is 0. The Kier molecular flexibility index (Phi) is 7.94. The van der Waals surface area contributed by atoms with E-state index in [2.05, 4.69) is 109 Å². The monoisotopic (exact) mass is 505 g/mol. The quantitative estimate of drug-likeness (QED) is 0.287. The molecule has 0 radical (unpaired) electrons. The molecular weight excluding hydrogens is 458 g/mol. The summed E-state index contributed by atoms with van der Waals surface area (Å²) >= 11 is 0. The molecule has 0 aliphatic carbocycles. The van der Waals surface area contributed by atoms with E-state index in [1.165, 1.54) is 16.6 Å². The van der Waals surface area contributed by atoms with Gasteiger partial charge in [-0.05, 0) is 86.9 Å². The molecule has 202 valence electrons. The fourth-order valence-corrected chi connectivity index (χ4v) is 5.37. The molecule has 0 saturated heterocycles. The van der Waals surface area contributed by atoms with Gasteiger partial charge < -0.3 is 14.0 Å². The molecule has 0 spiro atoms. The van der Waals surface area contributed by atoms with Crippen LogP contribution in [0.2, 0.25) is 0 Å². The number of aryl methyl sites for hydroxylation is 1. The Morgan fingerprint density at radius 2 is 1.43 bits per heavy atom. The number of esters is 1. The highest BCUT2D eigenvalue weighted by atomic mass is 16.6. The first-order valence-corrected chi connectivity index (χ1v) is 13.4. The van der Waals surface area contributed by atoms with Crippen molar-refractivity contribution in [3.05, 3.63) is 54.6 Å². The number of fused-ring (bicyclic) bond motifs is 1. The summed E-state index contributed by atoms with van der Waals surface area (Å²) in [5.41, 5.74) is 2.22. The maximum atomic E-state index is 13.3. The third kappa shape index (κ3) is 7.63. The van der Waals surface area contributed by atoms with Crippen molar-refractivity contribution in [1.29, 1.82) is 0 Å². The second-order valence-electron chi connectivity index (χ2n) is 14.1. The third-order valence-electron chi connectivity index (χ3n) is 6.87. The lowest BCUT2D eigenvalue weighted by Crippen LogP contribution is -2.43. The van der Waals surface area contributed by atoms with E-state index in [1.807, 2.05) is 26.0 Å². The highest BCUT2D eigenvalue weighted by Gasteiger charge is 2.40. The summed E-state index contributed by atoms with van der Waals surface area (Å²) in [5.74, 6) is 0.509. The van der Waals surface area contributed by atoms with Crippen LogP contribution in [0.1, 0.15) is 82.1 Å². The van der Waals surface area contributed by atoms with Crippen LogP contribution in [0.25, 0.3) is 22.2 Å². The normalized spacial score (nSPS) is 14.0. The molecule has 0 amide bonds. The number of carbonyl (C=O) groups excluding carboxylic acids is 1. The van der Waals surface area contributed by atoms with Crippen molar-refractivity contribution in [2.75, 3.05) is 0 Å². The van der Waals surface area contributed by atoms with Crippen LogP contribution in [0.15, 0.2) is 54.6 Å². The predicted molar refractivity (Wildman–Crippen MR) is 155 cm³/mol. The first-order valence-electron chi connectivity index (χ1n) is 13.4. The minimum absolute atomic E-state index is 0.0434. The number of rotatable bonds is 8. The summed E-state index contributed by atoms with van der Waals surface area (Å²) in [4.78, 5) is 13.3. The first kappa shape index (κ1) is 28.8. The van der Waals surface area contributed by atoms with Gasteiger partial charge in [-0.2, -0.15) is 0 Å². The summed E-state index contributed by atoms with van der Waals surface area (Å²) in [7, 11) is 2.10. The number of nitrogens with zero attached hydrogens (tertiary/aromatic N) is 1. The molecule has 0 bridgehead atoms. The van der Waals surface area contributed by atoms with Gasteiger partial charge in [-0.15, -0.1) is 0 Å². The Labute approximate surface area is 224 Å². The Balaban J connectivity index is 1.69. The van der Waals surface area contributed by atoms with Gasteiger partial charge in [0.05, 0.1) is 5.92 Å². The molecule has 0 N–H and O–H groups in total. The van der Waals surface area contributed by atoms with Crippen molar-refractivity contribution < 1.29 is 14.3 Å². The molecule has 1 aromatic heterocycles. The van der Waals surface area contributed by atoms with Crippen molar-refractivity contribution >= 4 is 16.9 Å². The van der Waals surface area contributed by atoms with Gasteiger partial charge in [-0.25, -0.2) is 0 Å². The van der Waals surface area contributed by atoms with E-state index in [9.17, 15) is 4.79 Å². The average molecular weight is 506 g/mol. The average Bonchev–Trinajstić information content (AvgIpc) is 3.06. The highest BCUT2D eigenvalue weighted by molar-refractivity contribution is 5.87. The smallest absolute Gasteiger partial charge is 0.310 e. The summed E-state index contributed by atoms with van der Waals surface area (Å²) in [6.45, 7) is 20.9. The van der Waals surface area contributed by atoms with Gasteiger partial charge in [0.2, 0.25) is 0 Å². The van der Waals surface area contributed by atoms with E-state index in [4.69, 9.17) is 9.47 Å². The van der Waals surface area contributed by atoms with Crippen LogP contribution in [-0.2, 0) is 16.6 Å². The number of ether oxygens (including phenoxy) is 2. The van der Waals surface area contributed by atoms with Crippen LogP contribution in [0.3, 0.4) is 0 Å². The standard InChI is InChI=1S/C33H47NO3/c1-30(2,3)21-26(31(4,5)6)29(35)37-33(9,10)22-32(7,8)36-25-18-16-23(17-19-25)28-20-24-14-12-13-15-27(24)34(28)11/h12-20,26H,21-22H2,1-11H3. The molecule has 1 heterocycles. The minimum atomic E-state index is -0.662. The molecule has 37 heavy (non-hydrogen) atoms. The van der Waals surface area contributed by atoms with Crippen LogP contribution in [0, 0.1) is 16.7 Å². The van der Waals surface area contributed by atoms with E-state index in [1.54, 1.807) is 0 Å². The lowest BCUT2D eigenvalue weighted by molar-refractivity contribution is -0.170. The highest BCUT2D eigenvalue weighted by Crippen LogP contribution is 2.39. The van der Waals surface area contributed by atoms with Crippen molar-refractivity contribution in [2.45, 2.75) is 93.3 Å². The van der Waals surface area contributed by atoms with Crippen molar-refractivity contribution in [1.82, 2.24) is 4.57 Å². The maximum Gasteiger partial charge on any atom is 0.310 e. The molecular formula is C33H47NO3. The van der Waals surface area contributed by atoms with Crippen molar-refractivity contribution in [2.24, 2.45) is 23.8 Å². The lowest BCUT2D eigenvalue weighted by Gasteiger charge is -2.39. The fourth-order valence-electron chi connectivity index (χ4n) is 5.37. The third-order valence-corrected chi connectivity index (χ3v) is 6.87. The maximum absolute atomic E-state index is 13.3.